The van der Waals surface area contributed by atoms with Crippen molar-refractivity contribution in [1.82, 2.24) is 9.80 Å². The molecular formula is C19H27N3O2. The highest BCUT2D eigenvalue weighted by molar-refractivity contribution is 5.89. The van der Waals surface area contributed by atoms with Gasteiger partial charge in [0.25, 0.3) is 0 Å². The lowest BCUT2D eigenvalue weighted by Gasteiger charge is -2.37. The Morgan fingerprint density at radius 3 is 2.67 bits per heavy atom. The molecule has 0 aromatic heterocycles. The fourth-order valence-electron chi connectivity index (χ4n) is 3.97. The second-order valence-electron chi connectivity index (χ2n) is 7.03. The zero-order chi connectivity index (χ0) is 17.1. The van der Waals surface area contributed by atoms with Crippen LogP contribution >= 0.6 is 0 Å². The van der Waals surface area contributed by atoms with Crippen molar-refractivity contribution in [3.05, 3.63) is 35.9 Å². The first-order valence-electron chi connectivity index (χ1n) is 8.96. The molecule has 2 N–H and O–H groups in total. The van der Waals surface area contributed by atoms with Gasteiger partial charge in [0.05, 0.1) is 0 Å². The first-order valence-corrected chi connectivity index (χ1v) is 8.96. The Balaban J connectivity index is 1.89. The molecule has 2 heterocycles. The van der Waals surface area contributed by atoms with E-state index in [0.29, 0.717) is 32.0 Å². The second-order valence-corrected chi connectivity index (χ2v) is 7.03. The lowest BCUT2D eigenvalue weighted by atomic mass is 9.99. The van der Waals surface area contributed by atoms with Crippen molar-refractivity contribution >= 4 is 11.8 Å². The molecule has 130 valence electrons. The number of hydrogen-bond donors (Lipinski definition) is 1. The third-order valence-electron chi connectivity index (χ3n) is 5.30. The average molecular weight is 329 g/mol. The molecule has 1 aromatic carbocycles. The summed E-state index contributed by atoms with van der Waals surface area (Å²) in [6.07, 6.45) is 3.36. The highest BCUT2D eigenvalue weighted by atomic mass is 16.2. The molecule has 3 rings (SSSR count). The number of benzene rings is 1. The van der Waals surface area contributed by atoms with Crippen LogP contribution in [0.1, 0.15) is 44.2 Å². The van der Waals surface area contributed by atoms with E-state index < -0.39 is 6.04 Å². The highest BCUT2D eigenvalue weighted by Crippen LogP contribution is 2.31. The second kappa shape index (κ2) is 7.34. The third-order valence-corrected chi connectivity index (χ3v) is 5.30. The SMILES string of the molecule is CC1CC(CN)CN1C(=O)C(c1ccccc1)N1CCCCC1=O. The normalized spacial score (nSPS) is 25.8. The van der Waals surface area contributed by atoms with Gasteiger partial charge in [0, 0.05) is 25.6 Å². The molecule has 1 aromatic rings. The van der Waals surface area contributed by atoms with Gasteiger partial charge in [0.1, 0.15) is 6.04 Å². The van der Waals surface area contributed by atoms with Gasteiger partial charge in [-0.1, -0.05) is 30.3 Å². The number of likely N-dealkylation sites (tertiary alicyclic amines) is 2. The Hall–Kier alpha value is -1.88. The van der Waals surface area contributed by atoms with Crippen LogP contribution in [0.15, 0.2) is 30.3 Å². The van der Waals surface area contributed by atoms with Gasteiger partial charge >= 0.3 is 0 Å². The molecule has 2 fully saturated rings. The summed E-state index contributed by atoms with van der Waals surface area (Å²) in [4.78, 5) is 29.5. The number of carbonyl (C=O) groups excluding carboxylic acids is 2. The summed E-state index contributed by atoms with van der Waals surface area (Å²) in [7, 11) is 0. The van der Waals surface area contributed by atoms with E-state index in [9.17, 15) is 9.59 Å². The molecule has 5 heteroatoms. The van der Waals surface area contributed by atoms with Crippen molar-refractivity contribution in [3.8, 4) is 0 Å². The molecule has 0 radical (unpaired) electrons. The molecule has 3 unspecified atom stereocenters. The topological polar surface area (TPSA) is 66.6 Å². The lowest BCUT2D eigenvalue weighted by molar-refractivity contribution is -0.148. The minimum absolute atomic E-state index is 0.0416. The van der Waals surface area contributed by atoms with Crippen LogP contribution in [0.2, 0.25) is 0 Å². The molecule has 0 aliphatic carbocycles. The number of nitrogens with zero attached hydrogens (tertiary/aromatic N) is 2. The predicted octanol–water partition coefficient (Wildman–Crippen LogP) is 1.94. The van der Waals surface area contributed by atoms with E-state index in [2.05, 4.69) is 6.92 Å². The van der Waals surface area contributed by atoms with Crippen molar-refractivity contribution in [2.45, 2.75) is 44.7 Å². The minimum atomic E-state index is -0.502. The van der Waals surface area contributed by atoms with Gasteiger partial charge in [0.2, 0.25) is 11.8 Å². The molecule has 3 atom stereocenters. The zero-order valence-corrected chi connectivity index (χ0v) is 14.4. The smallest absolute Gasteiger partial charge is 0.250 e. The summed E-state index contributed by atoms with van der Waals surface area (Å²) < 4.78 is 0. The summed E-state index contributed by atoms with van der Waals surface area (Å²) in [6, 6.07) is 9.37. The highest BCUT2D eigenvalue weighted by Gasteiger charge is 2.40. The quantitative estimate of drug-likeness (QED) is 0.918. The molecule has 24 heavy (non-hydrogen) atoms. The fraction of sp³-hybridized carbons (Fsp3) is 0.579. The van der Waals surface area contributed by atoms with Crippen LogP contribution in [0.3, 0.4) is 0 Å². The molecular weight excluding hydrogens is 302 g/mol. The van der Waals surface area contributed by atoms with E-state index >= 15 is 0 Å². The Kier molecular flexibility index (Phi) is 5.19. The largest absolute Gasteiger partial charge is 0.338 e. The maximum absolute atomic E-state index is 13.4. The Morgan fingerprint density at radius 2 is 2.04 bits per heavy atom. The van der Waals surface area contributed by atoms with Crippen molar-refractivity contribution in [1.29, 1.82) is 0 Å². The van der Waals surface area contributed by atoms with Crippen LogP contribution in [-0.4, -0.2) is 47.3 Å². The summed E-state index contributed by atoms with van der Waals surface area (Å²) in [6.45, 7) is 4.04. The van der Waals surface area contributed by atoms with Crippen LogP contribution in [-0.2, 0) is 9.59 Å². The van der Waals surface area contributed by atoms with Crippen LogP contribution in [0, 0.1) is 5.92 Å². The molecule has 2 aliphatic rings. The Labute approximate surface area is 143 Å². The maximum atomic E-state index is 13.4. The Bertz CT molecular complexity index is 590. The first kappa shape index (κ1) is 17.0. The average Bonchev–Trinajstić information content (AvgIpc) is 2.99. The van der Waals surface area contributed by atoms with Crippen molar-refractivity contribution < 1.29 is 9.59 Å². The van der Waals surface area contributed by atoms with Crippen LogP contribution < -0.4 is 5.73 Å². The van der Waals surface area contributed by atoms with Gasteiger partial charge < -0.3 is 15.5 Å². The van der Waals surface area contributed by atoms with E-state index in [1.54, 1.807) is 4.90 Å². The van der Waals surface area contributed by atoms with Crippen molar-refractivity contribution in [2.24, 2.45) is 11.7 Å². The molecule has 0 saturated carbocycles. The Morgan fingerprint density at radius 1 is 1.29 bits per heavy atom. The van der Waals surface area contributed by atoms with E-state index in [-0.39, 0.29) is 17.9 Å². The van der Waals surface area contributed by atoms with E-state index in [1.807, 2.05) is 35.2 Å². The zero-order valence-electron chi connectivity index (χ0n) is 14.4. The number of piperidine rings is 1. The summed E-state index contributed by atoms with van der Waals surface area (Å²) in [5, 5.41) is 0. The first-order chi connectivity index (χ1) is 11.6. The van der Waals surface area contributed by atoms with Gasteiger partial charge in [-0.05, 0) is 44.2 Å². The molecule has 2 saturated heterocycles. The van der Waals surface area contributed by atoms with Crippen LogP contribution in [0.25, 0.3) is 0 Å². The molecule has 0 bridgehead atoms. The molecule has 2 aliphatic heterocycles. The molecule has 0 spiro atoms. The van der Waals surface area contributed by atoms with Gasteiger partial charge in [-0.25, -0.2) is 0 Å². The monoisotopic (exact) mass is 329 g/mol. The summed E-state index contributed by atoms with van der Waals surface area (Å²) in [5.74, 6) is 0.489. The van der Waals surface area contributed by atoms with E-state index in [4.69, 9.17) is 5.73 Å². The van der Waals surface area contributed by atoms with Gasteiger partial charge in [-0.2, -0.15) is 0 Å². The van der Waals surface area contributed by atoms with Gasteiger partial charge in [-0.3, -0.25) is 9.59 Å². The van der Waals surface area contributed by atoms with Crippen molar-refractivity contribution in [2.75, 3.05) is 19.6 Å². The number of nitrogens with two attached hydrogens (primary N) is 1. The number of amides is 2. The predicted molar refractivity (Wildman–Crippen MR) is 93.1 cm³/mol. The maximum Gasteiger partial charge on any atom is 0.250 e. The number of hydrogen-bond acceptors (Lipinski definition) is 3. The standard InChI is InChI=1S/C19H27N3O2/c1-14-11-15(12-20)13-22(14)19(24)18(16-7-3-2-4-8-16)21-10-6-5-9-17(21)23/h2-4,7-8,14-15,18H,5-6,9-13,20H2,1H3. The number of rotatable bonds is 4. The molecule has 5 nitrogen and oxygen atoms in total. The van der Waals surface area contributed by atoms with Crippen LogP contribution in [0.4, 0.5) is 0 Å². The van der Waals surface area contributed by atoms with Gasteiger partial charge in [0.15, 0.2) is 0 Å². The summed E-state index contributed by atoms with van der Waals surface area (Å²) >= 11 is 0. The van der Waals surface area contributed by atoms with E-state index in [1.165, 1.54) is 0 Å². The minimum Gasteiger partial charge on any atom is -0.338 e. The lowest BCUT2D eigenvalue weighted by Crippen LogP contribution is -2.48. The molecule has 2 amide bonds. The van der Waals surface area contributed by atoms with Crippen molar-refractivity contribution in [3.63, 3.8) is 0 Å². The summed E-state index contributed by atoms with van der Waals surface area (Å²) in [5.41, 5.74) is 6.71. The third kappa shape index (κ3) is 3.31. The van der Waals surface area contributed by atoms with Gasteiger partial charge in [-0.15, -0.1) is 0 Å². The fourth-order valence-corrected chi connectivity index (χ4v) is 3.97. The van der Waals surface area contributed by atoms with Crippen LogP contribution in [0.5, 0.6) is 0 Å². The number of carbonyl (C=O) groups is 2. The van der Waals surface area contributed by atoms with E-state index in [0.717, 1.165) is 24.8 Å².